The molecule has 0 unspecified atom stereocenters. The van der Waals surface area contributed by atoms with E-state index in [1.165, 1.54) is 0 Å². The van der Waals surface area contributed by atoms with Crippen molar-refractivity contribution in [3.05, 3.63) is 4.65 Å². The van der Waals surface area contributed by atoms with Gasteiger partial charge in [-0.05, 0) is 0 Å². The van der Waals surface area contributed by atoms with Crippen LogP contribution in [0.15, 0.2) is 0 Å². The average Bonchev–Trinajstić information content (AvgIpc) is 1.14. The summed E-state index contributed by atoms with van der Waals surface area (Å²) in [6.45, 7) is 13.8. The SMILES string of the molecule is C[Si](C)(C)[N-][Si](C)(C)C.[Cl-].[Zr+2]. The molecule has 5 heteroatoms. The van der Waals surface area contributed by atoms with Crippen molar-refractivity contribution in [2.24, 2.45) is 0 Å². The van der Waals surface area contributed by atoms with Crippen molar-refractivity contribution in [3.63, 3.8) is 0 Å². The first-order valence-corrected chi connectivity index (χ1v) is 10.3. The van der Waals surface area contributed by atoms with Gasteiger partial charge in [0.05, 0.1) is 0 Å². The zero-order chi connectivity index (χ0) is 7.71. The minimum atomic E-state index is -1.11. The Bertz CT molecular complexity index is 85.7. The number of hydrogen-bond donors (Lipinski definition) is 0. The molecule has 0 aliphatic rings. The molecule has 0 atom stereocenters. The van der Waals surface area contributed by atoms with Gasteiger partial charge in [0.15, 0.2) is 0 Å². The Labute approximate surface area is 98.4 Å². The normalized spacial score (nSPS) is 11.5. The molecule has 0 aromatic carbocycles. The molecule has 0 rings (SSSR count). The summed E-state index contributed by atoms with van der Waals surface area (Å²) >= 11 is 0. The summed E-state index contributed by atoms with van der Waals surface area (Å²) in [5.41, 5.74) is 0. The van der Waals surface area contributed by atoms with Gasteiger partial charge in [0.25, 0.3) is 0 Å². The van der Waals surface area contributed by atoms with E-state index in [1.807, 2.05) is 0 Å². The van der Waals surface area contributed by atoms with Crippen LogP contribution < -0.4 is 12.4 Å². The first-order chi connectivity index (χ1) is 3.71. The van der Waals surface area contributed by atoms with E-state index in [-0.39, 0.29) is 38.6 Å². The monoisotopic (exact) mass is 285 g/mol. The maximum atomic E-state index is 4.82. The predicted octanol–water partition coefficient (Wildman–Crippen LogP) is 0.0314. The van der Waals surface area contributed by atoms with Gasteiger partial charge >= 0.3 is 26.2 Å². The topological polar surface area (TPSA) is 14.1 Å². The van der Waals surface area contributed by atoms with Gasteiger partial charge in [0.1, 0.15) is 0 Å². The van der Waals surface area contributed by atoms with Gasteiger partial charge in [0, 0.05) is 0 Å². The van der Waals surface area contributed by atoms with Gasteiger partial charge in [-0.25, -0.2) is 0 Å². The molecular weight excluding hydrogens is 269 g/mol. The van der Waals surface area contributed by atoms with Crippen LogP contribution in [0.4, 0.5) is 0 Å². The maximum absolute atomic E-state index is 4.82. The van der Waals surface area contributed by atoms with Gasteiger partial charge in [-0.2, -0.15) is 0 Å². The fourth-order valence-electron chi connectivity index (χ4n) is 1.01. The van der Waals surface area contributed by atoms with Crippen LogP contribution in [-0.4, -0.2) is 16.5 Å². The van der Waals surface area contributed by atoms with E-state index >= 15 is 0 Å². The number of hydrogen-bond acceptors (Lipinski definition) is 0. The van der Waals surface area contributed by atoms with E-state index in [4.69, 9.17) is 4.65 Å². The second-order valence-corrected chi connectivity index (χ2v) is 14.0. The Morgan fingerprint density at radius 1 is 0.727 bits per heavy atom. The van der Waals surface area contributed by atoms with Crippen molar-refractivity contribution in [2.75, 3.05) is 0 Å². The molecule has 0 aliphatic heterocycles. The molecule has 0 saturated heterocycles. The average molecular weight is 287 g/mol. The van der Waals surface area contributed by atoms with Crippen LogP contribution in [0.2, 0.25) is 39.3 Å². The van der Waals surface area contributed by atoms with Crippen LogP contribution in [0.5, 0.6) is 0 Å². The fraction of sp³-hybridized carbons (Fsp3) is 1.00. The van der Waals surface area contributed by atoms with Gasteiger partial charge in [0.2, 0.25) is 0 Å². The smallest absolute Gasteiger partial charge is 1.00 e. The third-order valence-electron chi connectivity index (χ3n) is 0.671. The van der Waals surface area contributed by atoms with Gasteiger partial charge in [-0.1, -0.05) is 55.8 Å². The summed E-state index contributed by atoms with van der Waals surface area (Å²) in [6, 6.07) is 0. The molecule has 0 amide bonds. The van der Waals surface area contributed by atoms with Crippen molar-refractivity contribution in [2.45, 2.75) is 39.3 Å². The third-order valence-corrected chi connectivity index (χ3v) is 6.04. The van der Waals surface area contributed by atoms with Crippen molar-refractivity contribution < 1.29 is 38.6 Å². The number of halogens is 1. The van der Waals surface area contributed by atoms with Crippen molar-refractivity contribution in [1.29, 1.82) is 0 Å². The molecule has 0 bridgehead atoms. The Hall–Kier alpha value is 1.57. The van der Waals surface area contributed by atoms with E-state index in [0.29, 0.717) is 0 Å². The minimum Gasteiger partial charge on any atom is -1.00 e. The minimum absolute atomic E-state index is 0. The van der Waals surface area contributed by atoms with E-state index in [1.54, 1.807) is 0 Å². The molecular formula is C6H18ClNSi2Zr. The van der Waals surface area contributed by atoms with Gasteiger partial charge in [-0.3, -0.25) is 0 Å². The van der Waals surface area contributed by atoms with E-state index < -0.39 is 16.5 Å². The Balaban J connectivity index is -0.000000320. The summed E-state index contributed by atoms with van der Waals surface area (Å²) < 4.78 is 4.82. The Kier molecular flexibility index (Phi) is 10.2. The summed E-state index contributed by atoms with van der Waals surface area (Å²) in [6.07, 6.45) is 0. The molecule has 0 fully saturated rings. The Morgan fingerprint density at radius 3 is 0.909 bits per heavy atom. The zero-order valence-electron chi connectivity index (χ0n) is 8.33. The van der Waals surface area contributed by atoms with Crippen LogP contribution in [0.3, 0.4) is 0 Å². The summed E-state index contributed by atoms with van der Waals surface area (Å²) in [5.74, 6) is 0. The molecule has 0 spiro atoms. The van der Waals surface area contributed by atoms with Crippen molar-refractivity contribution >= 4 is 16.5 Å². The van der Waals surface area contributed by atoms with Crippen molar-refractivity contribution in [1.82, 2.24) is 0 Å². The maximum Gasteiger partial charge on any atom is 2.00 e. The van der Waals surface area contributed by atoms with Crippen LogP contribution in [0.1, 0.15) is 0 Å². The summed E-state index contributed by atoms with van der Waals surface area (Å²) in [7, 11) is -2.21. The molecule has 0 N–H and O–H groups in total. The molecule has 0 aliphatic carbocycles. The van der Waals surface area contributed by atoms with Gasteiger partial charge < -0.3 is 17.1 Å². The van der Waals surface area contributed by atoms with Crippen LogP contribution >= 0.6 is 0 Å². The first-order valence-electron chi connectivity index (χ1n) is 3.45. The van der Waals surface area contributed by atoms with Crippen LogP contribution in [0, 0.1) is 0 Å². The third kappa shape index (κ3) is 18.5. The van der Waals surface area contributed by atoms with E-state index in [2.05, 4.69) is 39.3 Å². The Morgan fingerprint density at radius 2 is 0.909 bits per heavy atom. The molecule has 1 nitrogen and oxygen atoms in total. The quantitative estimate of drug-likeness (QED) is 0.636. The molecule has 0 heterocycles. The largest absolute Gasteiger partial charge is 2.00 e. The van der Waals surface area contributed by atoms with Crippen LogP contribution in [-0.2, 0) is 26.2 Å². The first kappa shape index (κ1) is 18.4. The second-order valence-electron chi connectivity index (χ2n) is 4.45. The second kappa shape index (κ2) is 6.09. The number of nitrogens with zero attached hydrogens (tertiary/aromatic N) is 1. The molecule has 66 valence electrons. The molecule has 0 radical (unpaired) electrons. The fourth-order valence-corrected chi connectivity index (χ4v) is 9.06. The predicted molar refractivity (Wildman–Crippen MR) is 50.1 cm³/mol. The molecule has 0 aromatic heterocycles. The molecule has 0 saturated carbocycles. The zero-order valence-corrected chi connectivity index (χ0v) is 13.5. The van der Waals surface area contributed by atoms with Gasteiger partial charge in [-0.15, -0.1) is 0 Å². The summed E-state index contributed by atoms with van der Waals surface area (Å²) in [5, 5.41) is 0. The van der Waals surface area contributed by atoms with Crippen LogP contribution in [0.25, 0.3) is 4.65 Å². The standard InChI is InChI=1S/C6H18NSi2.ClH.Zr/c1-8(2,3)7-9(4,5)6;;/h1-6H3;1H;/q-1;;+2/p-1. The van der Waals surface area contributed by atoms with E-state index in [0.717, 1.165) is 0 Å². The molecule has 0 aromatic rings. The summed E-state index contributed by atoms with van der Waals surface area (Å²) in [4.78, 5) is 0. The molecule has 11 heavy (non-hydrogen) atoms. The van der Waals surface area contributed by atoms with Crippen molar-refractivity contribution in [3.8, 4) is 0 Å². The van der Waals surface area contributed by atoms with E-state index in [9.17, 15) is 0 Å². The number of rotatable bonds is 2.